The lowest BCUT2D eigenvalue weighted by atomic mass is 10.0. The molecule has 0 saturated heterocycles. The molecule has 4 nitrogen and oxygen atoms in total. The molecule has 0 aliphatic rings. The summed E-state index contributed by atoms with van der Waals surface area (Å²) in [5.41, 5.74) is -0.330. The van der Waals surface area contributed by atoms with Crippen LogP contribution in [0.3, 0.4) is 0 Å². The average Bonchev–Trinajstić information content (AvgIpc) is 2.37. The van der Waals surface area contributed by atoms with E-state index >= 15 is 0 Å². The predicted molar refractivity (Wildman–Crippen MR) is 78.4 cm³/mol. The van der Waals surface area contributed by atoms with E-state index in [4.69, 9.17) is 4.74 Å². The molecule has 1 aromatic carbocycles. The summed E-state index contributed by atoms with van der Waals surface area (Å²) in [6.07, 6.45) is 0.151. The van der Waals surface area contributed by atoms with Crippen LogP contribution >= 0.6 is 0 Å². The van der Waals surface area contributed by atoms with E-state index in [0.29, 0.717) is 18.4 Å². The van der Waals surface area contributed by atoms with Crippen LogP contribution in [0.15, 0.2) is 24.3 Å². The molecule has 1 aromatic rings. The topological polar surface area (TPSA) is 46.6 Å². The smallest absolute Gasteiger partial charge is 0.410 e. The highest BCUT2D eigenvalue weighted by Gasteiger charge is 2.29. The third-order valence-corrected chi connectivity index (χ3v) is 2.93. The van der Waals surface area contributed by atoms with Crippen molar-refractivity contribution >= 4 is 12.4 Å². The number of benzene rings is 1. The molecule has 0 saturated carbocycles. The summed E-state index contributed by atoms with van der Waals surface area (Å²) < 4.78 is 19.3. The fourth-order valence-electron chi connectivity index (χ4n) is 2.06. The van der Waals surface area contributed by atoms with E-state index in [2.05, 4.69) is 0 Å². The van der Waals surface area contributed by atoms with Crippen molar-refractivity contribution in [3.05, 3.63) is 35.6 Å². The molecule has 0 bridgehead atoms. The highest BCUT2D eigenvalue weighted by Crippen LogP contribution is 2.27. The summed E-state index contributed by atoms with van der Waals surface area (Å²) in [7, 11) is 0. The van der Waals surface area contributed by atoms with Crippen LogP contribution in [-0.2, 0) is 9.53 Å². The highest BCUT2D eigenvalue weighted by atomic mass is 19.1. The van der Waals surface area contributed by atoms with E-state index in [0.717, 1.165) is 0 Å². The Hall–Kier alpha value is -1.91. The lowest BCUT2D eigenvalue weighted by Gasteiger charge is -2.32. The first-order valence-electron chi connectivity index (χ1n) is 6.97. The normalized spacial score (nSPS) is 12.6. The minimum absolute atomic E-state index is 0.0218. The molecule has 0 fully saturated rings. The zero-order valence-electron chi connectivity index (χ0n) is 12.9. The van der Waals surface area contributed by atoms with Gasteiger partial charge in [-0.1, -0.05) is 18.2 Å². The van der Waals surface area contributed by atoms with Crippen LogP contribution in [0.1, 0.15) is 45.7 Å². The maximum Gasteiger partial charge on any atom is 0.410 e. The van der Waals surface area contributed by atoms with E-state index in [-0.39, 0.29) is 6.42 Å². The number of halogens is 1. The van der Waals surface area contributed by atoms with Gasteiger partial charge in [-0.15, -0.1) is 0 Å². The maximum atomic E-state index is 14.0. The Labute approximate surface area is 124 Å². The Morgan fingerprint density at radius 1 is 1.38 bits per heavy atom. The molecule has 21 heavy (non-hydrogen) atoms. The molecule has 116 valence electrons. The minimum atomic E-state index is -0.663. The molecule has 0 aliphatic carbocycles. The molecule has 5 heteroatoms. The van der Waals surface area contributed by atoms with Gasteiger partial charge in [0.1, 0.15) is 17.7 Å². The standard InChI is InChI=1S/C16H22FNO3/c1-5-18(15(20)21-16(2,3)4)14(10-11-19)12-8-6-7-9-13(12)17/h6-9,11,14H,5,10H2,1-4H3. The molecule has 0 radical (unpaired) electrons. The van der Waals surface area contributed by atoms with E-state index in [1.165, 1.54) is 11.0 Å². The molecule has 0 aliphatic heterocycles. The van der Waals surface area contributed by atoms with Gasteiger partial charge in [0.25, 0.3) is 0 Å². The summed E-state index contributed by atoms with van der Waals surface area (Å²) in [4.78, 5) is 24.6. The SMILES string of the molecule is CCN(C(=O)OC(C)(C)C)C(CC=O)c1ccccc1F. The van der Waals surface area contributed by atoms with E-state index < -0.39 is 23.6 Å². The number of carbonyl (C=O) groups excluding carboxylic acids is 2. The lowest BCUT2D eigenvalue weighted by molar-refractivity contribution is -0.108. The second-order valence-electron chi connectivity index (χ2n) is 5.71. The van der Waals surface area contributed by atoms with Gasteiger partial charge in [0, 0.05) is 18.5 Å². The second kappa shape index (κ2) is 7.20. The Balaban J connectivity index is 3.09. The van der Waals surface area contributed by atoms with Crippen LogP contribution in [0.2, 0.25) is 0 Å². The minimum Gasteiger partial charge on any atom is -0.444 e. The van der Waals surface area contributed by atoms with Gasteiger partial charge >= 0.3 is 6.09 Å². The molecule has 0 heterocycles. The molecule has 0 aromatic heterocycles. The van der Waals surface area contributed by atoms with Crippen LogP contribution in [-0.4, -0.2) is 29.4 Å². The fourth-order valence-corrected chi connectivity index (χ4v) is 2.06. The molecule has 1 amide bonds. The van der Waals surface area contributed by atoms with Crippen molar-refractivity contribution in [3.8, 4) is 0 Å². The monoisotopic (exact) mass is 295 g/mol. The lowest BCUT2D eigenvalue weighted by Crippen LogP contribution is -2.39. The van der Waals surface area contributed by atoms with Crippen LogP contribution in [0.25, 0.3) is 0 Å². The van der Waals surface area contributed by atoms with Crippen molar-refractivity contribution in [3.63, 3.8) is 0 Å². The summed E-state index contributed by atoms with van der Waals surface area (Å²) in [6, 6.07) is 5.48. The Bertz CT molecular complexity index is 497. The molecular weight excluding hydrogens is 273 g/mol. The van der Waals surface area contributed by atoms with Gasteiger partial charge in [0.05, 0.1) is 6.04 Å². The molecule has 0 N–H and O–H groups in total. The van der Waals surface area contributed by atoms with E-state index in [9.17, 15) is 14.0 Å². The average molecular weight is 295 g/mol. The number of hydrogen-bond donors (Lipinski definition) is 0. The zero-order valence-corrected chi connectivity index (χ0v) is 12.9. The van der Waals surface area contributed by atoms with Crippen LogP contribution in [0.5, 0.6) is 0 Å². The number of carbonyl (C=O) groups is 2. The van der Waals surface area contributed by atoms with Crippen molar-refractivity contribution in [1.82, 2.24) is 4.90 Å². The van der Waals surface area contributed by atoms with E-state index in [1.54, 1.807) is 45.9 Å². The van der Waals surface area contributed by atoms with Gasteiger partial charge in [0.15, 0.2) is 0 Å². The van der Waals surface area contributed by atoms with Gasteiger partial charge < -0.3 is 14.4 Å². The Morgan fingerprint density at radius 2 is 2.00 bits per heavy atom. The van der Waals surface area contributed by atoms with Gasteiger partial charge in [-0.3, -0.25) is 0 Å². The van der Waals surface area contributed by atoms with Crippen molar-refractivity contribution in [2.75, 3.05) is 6.54 Å². The number of rotatable bonds is 5. The molecule has 1 unspecified atom stereocenters. The quantitative estimate of drug-likeness (QED) is 0.778. The first-order valence-corrected chi connectivity index (χ1v) is 6.97. The number of nitrogens with zero attached hydrogens (tertiary/aromatic N) is 1. The number of ether oxygens (including phenoxy) is 1. The fraction of sp³-hybridized carbons (Fsp3) is 0.500. The van der Waals surface area contributed by atoms with Crippen molar-refractivity contribution in [1.29, 1.82) is 0 Å². The van der Waals surface area contributed by atoms with Crippen LogP contribution in [0, 0.1) is 5.82 Å². The highest BCUT2D eigenvalue weighted by molar-refractivity contribution is 5.69. The van der Waals surface area contributed by atoms with Crippen LogP contribution < -0.4 is 0 Å². The van der Waals surface area contributed by atoms with E-state index in [1.807, 2.05) is 0 Å². The number of hydrogen-bond acceptors (Lipinski definition) is 3. The summed E-state index contributed by atoms with van der Waals surface area (Å²) in [6.45, 7) is 7.37. The molecule has 1 rings (SSSR count). The van der Waals surface area contributed by atoms with Gasteiger partial charge in [-0.2, -0.15) is 0 Å². The Morgan fingerprint density at radius 3 is 2.48 bits per heavy atom. The van der Waals surface area contributed by atoms with Crippen molar-refractivity contribution in [2.45, 2.75) is 45.8 Å². The van der Waals surface area contributed by atoms with Crippen molar-refractivity contribution < 1.29 is 18.7 Å². The summed E-state index contributed by atoms with van der Waals surface area (Å²) in [5.74, 6) is -0.439. The summed E-state index contributed by atoms with van der Waals surface area (Å²) >= 11 is 0. The zero-order chi connectivity index (χ0) is 16.0. The number of aldehydes is 1. The van der Waals surface area contributed by atoms with Gasteiger partial charge in [-0.25, -0.2) is 9.18 Å². The van der Waals surface area contributed by atoms with Gasteiger partial charge in [0.2, 0.25) is 0 Å². The van der Waals surface area contributed by atoms with Gasteiger partial charge in [-0.05, 0) is 33.8 Å². The van der Waals surface area contributed by atoms with Crippen molar-refractivity contribution in [2.24, 2.45) is 0 Å². The predicted octanol–water partition coefficient (Wildman–Crippen LogP) is 3.71. The number of amides is 1. The largest absolute Gasteiger partial charge is 0.444 e. The second-order valence-corrected chi connectivity index (χ2v) is 5.71. The van der Waals surface area contributed by atoms with Crippen LogP contribution in [0.4, 0.5) is 9.18 Å². The molecule has 0 spiro atoms. The Kier molecular flexibility index (Phi) is 5.88. The first-order chi connectivity index (χ1) is 9.80. The molecule has 1 atom stereocenters. The maximum absolute atomic E-state index is 14.0. The first kappa shape index (κ1) is 17.1. The summed E-state index contributed by atoms with van der Waals surface area (Å²) in [5, 5.41) is 0. The third-order valence-electron chi connectivity index (χ3n) is 2.93. The third kappa shape index (κ3) is 4.85. The molecular formula is C16H22FNO3.